The predicted molar refractivity (Wildman–Crippen MR) is 166 cm³/mol. The van der Waals surface area contributed by atoms with E-state index in [-0.39, 0.29) is 12.5 Å². The lowest BCUT2D eigenvalue weighted by Gasteiger charge is -2.31. The molecule has 1 amide bonds. The number of unbranched alkanes of at least 4 members (excludes halogenated alkanes) is 1. The Morgan fingerprint density at radius 2 is 1.45 bits per heavy atom. The number of hydrogen-bond donors (Lipinski definition) is 2. The van der Waals surface area contributed by atoms with Crippen molar-refractivity contribution in [1.82, 2.24) is 5.32 Å². The minimum atomic E-state index is -1.19. The Kier molecular flexibility index (Phi) is 10.0. The van der Waals surface area contributed by atoms with E-state index < -0.39 is 11.6 Å². The molecule has 2 atom stereocenters. The summed E-state index contributed by atoms with van der Waals surface area (Å²) in [5.41, 5.74) is 2.80. The number of aliphatic hydroxyl groups is 1. The van der Waals surface area contributed by atoms with Crippen LogP contribution in [0, 0.1) is 0 Å². The maximum Gasteiger partial charge on any atom is 0.252 e. The molecule has 1 aliphatic rings. The third-order valence-corrected chi connectivity index (χ3v) is 7.47. The lowest BCUT2D eigenvalue weighted by molar-refractivity contribution is -0.128. The van der Waals surface area contributed by atoms with Gasteiger partial charge in [-0.1, -0.05) is 91.0 Å². The Hall–Kier alpha value is -4.42. The van der Waals surface area contributed by atoms with Crippen molar-refractivity contribution in [3.63, 3.8) is 0 Å². The highest BCUT2D eigenvalue weighted by Crippen LogP contribution is 2.42. The molecule has 42 heavy (non-hydrogen) atoms. The number of carbonyl (C=O) groups excluding carboxylic acids is 1. The zero-order valence-corrected chi connectivity index (χ0v) is 23.8. The predicted octanol–water partition coefficient (Wildman–Crippen LogP) is 6.09. The lowest BCUT2D eigenvalue weighted by atomic mass is 9.82. The molecular formula is C36H38N2O4. The molecule has 5 rings (SSSR count). The molecule has 1 aliphatic heterocycles. The highest BCUT2D eigenvalue weighted by molar-refractivity contribution is 6.01. The first-order chi connectivity index (χ1) is 20.7. The van der Waals surface area contributed by atoms with Crippen LogP contribution >= 0.6 is 0 Å². The summed E-state index contributed by atoms with van der Waals surface area (Å²) in [4.78, 5) is 19.3. The summed E-state index contributed by atoms with van der Waals surface area (Å²) in [6, 6.07) is 37.8. The van der Waals surface area contributed by atoms with Gasteiger partial charge in [-0.25, -0.2) is 4.99 Å². The fourth-order valence-corrected chi connectivity index (χ4v) is 5.27. The van der Waals surface area contributed by atoms with E-state index in [0.717, 1.165) is 36.0 Å². The molecule has 216 valence electrons. The Bertz CT molecular complexity index is 1430. The van der Waals surface area contributed by atoms with Crippen LogP contribution in [0.4, 0.5) is 0 Å². The summed E-state index contributed by atoms with van der Waals surface area (Å²) in [5, 5.41) is 12.2. The van der Waals surface area contributed by atoms with Gasteiger partial charge in [-0.05, 0) is 60.2 Å². The van der Waals surface area contributed by atoms with Crippen molar-refractivity contribution in [2.24, 2.45) is 4.99 Å². The fourth-order valence-electron chi connectivity index (χ4n) is 5.27. The average Bonchev–Trinajstić information content (AvgIpc) is 3.43. The highest BCUT2D eigenvalue weighted by Gasteiger charge is 2.53. The molecule has 0 saturated heterocycles. The van der Waals surface area contributed by atoms with Crippen LogP contribution in [0.3, 0.4) is 0 Å². The summed E-state index contributed by atoms with van der Waals surface area (Å²) in [5.74, 6) is 0.994. The SMILES string of the molecule is O=C(NCCCCc1ccccc1)[C@]1(Cc2ccccc2)N=C(c2ccc(OCCCO)cc2)O[C@@H]1c1ccccc1. The topological polar surface area (TPSA) is 80.2 Å². The van der Waals surface area contributed by atoms with Gasteiger partial charge in [-0.2, -0.15) is 0 Å². The standard InChI is InChI=1S/C36H38N2O4/c39-25-12-26-41-32-22-20-31(21-23-32)34-38-36(27-29-16-6-2-7-17-29,33(42-34)30-18-8-3-9-19-30)35(40)37-24-11-10-15-28-13-4-1-5-14-28/h1-9,13-14,16-23,33,39H,10-12,15,24-27H2,(H,37,40)/t33-,36-/m1/s1. The summed E-state index contributed by atoms with van der Waals surface area (Å²) in [6.45, 7) is 1.09. The number of nitrogens with zero attached hydrogens (tertiary/aromatic N) is 1. The van der Waals surface area contributed by atoms with Crippen molar-refractivity contribution in [2.75, 3.05) is 19.8 Å². The van der Waals surface area contributed by atoms with Gasteiger partial charge >= 0.3 is 0 Å². The second kappa shape index (κ2) is 14.5. The number of amides is 1. The molecule has 0 radical (unpaired) electrons. The largest absolute Gasteiger partial charge is 0.494 e. The molecule has 0 spiro atoms. The molecule has 0 aliphatic carbocycles. The average molecular weight is 563 g/mol. The van der Waals surface area contributed by atoms with E-state index >= 15 is 0 Å². The molecule has 4 aromatic carbocycles. The molecule has 2 N–H and O–H groups in total. The van der Waals surface area contributed by atoms with Crippen LogP contribution in [-0.2, 0) is 22.4 Å². The van der Waals surface area contributed by atoms with E-state index in [2.05, 4.69) is 29.6 Å². The lowest BCUT2D eigenvalue weighted by Crippen LogP contribution is -2.50. The number of aryl methyl sites for hydroxylation is 1. The van der Waals surface area contributed by atoms with E-state index in [9.17, 15) is 4.79 Å². The Balaban J connectivity index is 1.41. The van der Waals surface area contributed by atoms with E-state index in [4.69, 9.17) is 19.6 Å². The number of ether oxygens (including phenoxy) is 2. The van der Waals surface area contributed by atoms with Gasteiger partial charge < -0.3 is 19.9 Å². The summed E-state index contributed by atoms with van der Waals surface area (Å²) < 4.78 is 12.3. The quantitative estimate of drug-likeness (QED) is 0.182. The summed E-state index contributed by atoms with van der Waals surface area (Å²) in [6.07, 6.45) is 3.19. The van der Waals surface area contributed by atoms with Gasteiger partial charge in [0, 0.05) is 31.6 Å². The molecule has 6 nitrogen and oxygen atoms in total. The first-order valence-electron chi connectivity index (χ1n) is 14.7. The van der Waals surface area contributed by atoms with Crippen LogP contribution < -0.4 is 10.1 Å². The third kappa shape index (κ3) is 7.25. The van der Waals surface area contributed by atoms with Crippen molar-refractivity contribution in [3.05, 3.63) is 138 Å². The van der Waals surface area contributed by atoms with Gasteiger partial charge in [0.2, 0.25) is 5.90 Å². The monoisotopic (exact) mass is 562 g/mol. The summed E-state index contributed by atoms with van der Waals surface area (Å²) in [7, 11) is 0. The van der Waals surface area contributed by atoms with Crippen molar-refractivity contribution >= 4 is 11.8 Å². The van der Waals surface area contributed by atoms with Crippen LogP contribution in [-0.4, -0.2) is 42.2 Å². The maximum atomic E-state index is 14.2. The molecule has 0 aromatic heterocycles. The van der Waals surface area contributed by atoms with Gasteiger partial charge in [-0.15, -0.1) is 0 Å². The molecular weight excluding hydrogens is 524 g/mol. The zero-order valence-electron chi connectivity index (χ0n) is 23.8. The zero-order chi connectivity index (χ0) is 29.0. The Labute approximate surface area is 248 Å². The first-order valence-corrected chi connectivity index (χ1v) is 14.7. The molecule has 0 fully saturated rings. The minimum Gasteiger partial charge on any atom is -0.494 e. The number of aliphatic hydroxyl groups excluding tert-OH is 1. The van der Waals surface area contributed by atoms with Gasteiger partial charge in [0.25, 0.3) is 5.91 Å². The number of rotatable bonds is 14. The molecule has 6 heteroatoms. The van der Waals surface area contributed by atoms with Crippen molar-refractivity contribution in [3.8, 4) is 5.75 Å². The first kappa shape index (κ1) is 29.1. The smallest absolute Gasteiger partial charge is 0.252 e. The van der Waals surface area contributed by atoms with Gasteiger partial charge in [0.15, 0.2) is 11.6 Å². The van der Waals surface area contributed by atoms with Gasteiger partial charge in [0.05, 0.1) is 6.61 Å². The molecule has 4 aromatic rings. The van der Waals surface area contributed by atoms with Crippen LogP contribution in [0.1, 0.15) is 47.6 Å². The molecule has 0 saturated carbocycles. The van der Waals surface area contributed by atoms with Crippen LogP contribution in [0.5, 0.6) is 5.75 Å². The van der Waals surface area contributed by atoms with Crippen LogP contribution in [0.2, 0.25) is 0 Å². The van der Waals surface area contributed by atoms with E-state index in [1.54, 1.807) is 0 Å². The van der Waals surface area contributed by atoms with Crippen LogP contribution in [0.15, 0.2) is 120 Å². The van der Waals surface area contributed by atoms with Crippen molar-refractivity contribution < 1.29 is 19.4 Å². The summed E-state index contributed by atoms with van der Waals surface area (Å²) >= 11 is 0. The van der Waals surface area contributed by atoms with E-state index in [0.29, 0.717) is 37.6 Å². The van der Waals surface area contributed by atoms with Crippen molar-refractivity contribution in [1.29, 1.82) is 0 Å². The second-order valence-corrected chi connectivity index (χ2v) is 10.6. The molecule has 0 bridgehead atoms. The van der Waals surface area contributed by atoms with E-state index in [1.807, 2.05) is 91.0 Å². The highest BCUT2D eigenvalue weighted by atomic mass is 16.5. The number of aliphatic imine (C=N–C) groups is 1. The fraction of sp³-hybridized carbons (Fsp3) is 0.278. The third-order valence-electron chi connectivity index (χ3n) is 7.47. The van der Waals surface area contributed by atoms with Gasteiger partial charge in [0.1, 0.15) is 5.75 Å². The minimum absolute atomic E-state index is 0.0855. The molecule has 0 unspecified atom stereocenters. The Morgan fingerprint density at radius 1 is 0.810 bits per heavy atom. The number of nitrogens with one attached hydrogen (secondary N) is 1. The van der Waals surface area contributed by atoms with Crippen LogP contribution in [0.25, 0.3) is 0 Å². The maximum absolute atomic E-state index is 14.2. The number of benzene rings is 4. The van der Waals surface area contributed by atoms with Gasteiger partial charge in [-0.3, -0.25) is 4.79 Å². The van der Waals surface area contributed by atoms with Crippen molar-refractivity contribution in [2.45, 2.75) is 43.7 Å². The molecule has 1 heterocycles. The number of hydrogen-bond acceptors (Lipinski definition) is 5. The normalized spacial score (nSPS) is 17.7. The number of carbonyl (C=O) groups is 1. The Morgan fingerprint density at radius 3 is 2.12 bits per heavy atom. The second-order valence-electron chi connectivity index (χ2n) is 10.6. The van der Waals surface area contributed by atoms with E-state index in [1.165, 1.54) is 5.56 Å².